The quantitative estimate of drug-likeness (QED) is 0.260. The minimum atomic E-state index is -1.55. The molecule has 0 aliphatic rings. The van der Waals surface area contributed by atoms with Crippen molar-refractivity contribution in [2.24, 2.45) is 5.90 Å². The van der Waals surface area contributed by atoms with Crippen molar-refractivity contribution in [2.45, 2.75) is 0 Å². The Labute approximate surface area is 82.3 Å². The van der Waals surface area contributed by atoms with Crippen LogP contribution in [-0.4, -0.2) is 51.4 Å². The number of carbonyl (C=O) groups is 1. The van der Waals surface area contributed by atoms with E-state index in [0.29, 0.717) is 0 Å². The number of hydrogen-bond donors (Lipinski definition) is 1. The molecule has 0 aromatic carbocycles. The van der Waals surface area contributed by atoms with E-state index in [1.54, 1.807) is 0 Å². The lowest BCUT2D eigenvalue weighted by Crippen LogP contribution is -2.15. The van der Waals surface area contributed by atoms with Crippen molar-refractivity contribution in [1.29, 1.82) is 0 Å². The standard InChI is InChI=1S/CH2N2O5.2Al.H2O.6H/c2-7-1(4)8-3(5)6;;;;;;;;;/h2H2;;;1H2;;;;;;. The number of carbonyl (C=O) groups excluding carboxylic acids is 1. The number of nitrogens with two attached hydrogens (primary N) is 1. The average Bonchev–Trinajstić information content (AvgIpc) is 1.65. The number of nitrogens with zero attached hydrogens (tertiary/aromatic N) is 1. The van der Waals surface area contributed by atoms with Crippen LogP contribution in [0.4, 0.5) is 4.79 Å². The largest absolute Gasteiger partial charge is 0.504 e. The summed E-state index contributed by atoms with van der Waals surface area (Å²) in [5, 5.41) is 7.87. The Balaban J connectivity index is -0.0000000817. The second-order valence-corrected chi connectivity index (χ2v) is 0.683. The third-order valence-electron chi connectivity index (χ3n) is 0.245. The summed E-state index contributed by atoms with van der Waals surface area (Å²) >= 11 is 0. The Kier molecular flexibility index (Phi) is 25.2. The summed E-state index contributed by atoms with van der Waals surface area (Å²) in [6.45, 7) is 0. The maximum Gasteiger partial charge on any atom is 0.504 e. The van der Waals surface area contributed by atoms with Crippen molar-refractivity contribution >= 4 is 40.9 Å². The second-order valence-electron chi connectivity index (χ2n) is 0.683. The van der Waals surface area contributed by atoms with E-state index in [1.807, 2.05) is 0 Å². The van der Waals surface area contributed by atoms with Crippen LogP contribution in [0.25, 0.3) is 0 Å². The highest BCUT2D eigenvalue weighted by atomic mass is 27.0. The number of rotatable bonds is 1. The van der Waals surface area contributed by atoms with Gasteiger partial charge < -0.3 is 10.3 Å². The molecule has 11 heavy (non-hydrogen) atoms. The molecule has 0 bridgehead atoms. The lowest BCUT2D eigenvalue weighted by molar-refractivity contribution is -0.730. The van der Waals surface area contributed by atoms with E-state index in [2.05, 4.69) is 15.6 Å². The first-order chi connectivity index (χ1) is 3.66. The van der Waals surface area contributed by atoms with Gasteiger partial charge in [-0.2, -0.15) is 10.7 Å². The molecule has 0 atom stereocenters. The van der Waals surface area contributed by atoms with Crippen LogP contribution in [0.15, 0.2) is 0 Å². The molecule has 66 valence electrons. The molecule has 0 heterocycles. The number of hydrogen-bond acceptors (Lipinski definition) is 6. The molecule has 10 heteroatoms. The summed E-state index contributed by atoms with van der Waals surface area (Å²) in [6, 6.07) is 0. The highest BCUT2D eigenvalue weighted by molar-refractivity contribution is 5.76. The van der Waals surface area contributed by atoms with E-state index in [4.69, 9.17) is 0 Å². The first-order valence-electron chi connectivity index (χ1n) is 1.40. The lowest BCUT2D eigenvalue weighted by Gasteiger charge is -1.89. The first kappa shape index (κ1) is 22.4. The monoisotopic (exact) mass is 200 g/mol. The maximum atomic E-state index is 9.61. The van der Waals surface area contributed by atoms with Crippen molar-refractivity contribution in [1.82, 2.24) is 0 Å². The minimum Gasteiger partial charge on any atom is -0.412 e. The zero-order chi connectivity index (χ0) is 6.57. The average molecular weight is 200 g/mol. The van der Waals surface area contributed by atoms with Gasteiger partial charge >= 0.3 is 11.2 Å². The molecule has 0 aromatic rings. The van der Waals surface area contributed by atoms with E-state index in [1.165, 1.54) is 0 Å². The SMILES string of the molecule is NOC(=O)O[N+](=O)[O-].O.[AlH3].[AlH3]. The Morgan fingerprint density at radius 1 is 1.45 bits per heavy atom. The molecule has 0 saturated carbocycles. The summed E-state index contributed by atoms with van der Waals surface area (Å²) in [4.78, 5) is 25.2. The van der Waals surface area contributed by atoms with Crippen LogP contribution < -0.4 is 5.90 Å². The predicted octanol–water partition coefficient (Wildman–Crippen LogP) is -3.99. The molecule has 0 saturated heterocycles. The molecular formula is CH10Al2N2O6. The highest BCUT2D eigenvalue weighted by Gasteiger charge is 2.04. The van der Waals surface area contributed by atoms with Gasteiger partial charge in [-0.3, -0.25) is 0 Å². The molecule has 0 aliphatic heterocycles. The van der Waals surface area contributed by atoms with Crippen LogP contribution in [0, 0.1) is 10.1 Å². The zero-order valence-electron chi connectivity index (χ0n) is 4.07. The summed E-state index contributed by atoms with van der Waals surface area (Å²) < 4.78 is 0. The van der Waals surface area contributed by atoms with Gasteiger partial charge in [0.05, 0.1) is 0 Å². The molecular weight excluding hydrogens is 190 g/mol. The Hall–Kier alpha value is -0.345. The van der Waals surface area contributed by atoms with Crippen LogP contribution in [0.5, 0.6) is 0 Å². The third-order valence-corrected chi connectivity index (χ3v) is 0.245. The van der Waals surface area contributed by atoms with Crippen LogP contribution >= 0.6 is 0 Å². The summed E-state index contributed by atoms with van der Waals surface area (Å²) in [6.07, 6.45) is -1.55. The van der Waals surface area contributed by atoms with E-state index in [-0.39, 0.29) is 40.2 Å². The van der Waals surface area contributed by atoms with Gasteiger partial charge in [0.15, 0.2) is 34.7 Å². The van der Waals surface area contributed by atoms with Crippen molar-refractivity contribution in [2.75, 3.05) is 0 Å². The molecule has 8 nitrogen and oxygen atoms in total. The lowest BCUT2D eigenvalue weighted by atomic mass is 11.4. The van der Waals surface area contributed by atoms with Crippen LogP contribution in [0.2, 0.25) is 0 Å². The molecule has 0 fully saturated rings. The summed E-state index contributed by atoms with van der Waals surface area (Å²) in [7, 11) is 0. The fraction of sp³-hybridized carbons (Fsp3) is 0. The van der Waals surface area contributed by atoms with Crippen molar-refractivity contribution < 1.29 is 25.0 Å². The van der Waals surface area contributed by atoms with Crippen LogP contribution in [0.1, 0.15) is 0 Å². The predicted molar refractivity (Wildman–Crippen MR) is 42.2 cm³/mol. The first-order valence-corrected chi connectivity index (χ1v) is 1.40. The van der Waals surface area contributed by atoms with Gasteiger partial charge in [0, 0.05) is 0 Å². The molecule has 0 unspecified atom stereocenters. The third kappa shape index (κ3) is 17.7. The van der Waals surface area contributed by atoms with E-state index in [9.17, 15) is 14.9 Å². The van der Waals surface area contributed by atoms with E-state index in [0.717, 1.165) is 0 Å². The van der Waals surface area contributed by atoms with Crippen molar-refractivity contribution in [3.63, 3.8) is 0 Å². The maximum absolute atomic E-state index is 9.61. The normalized spacial score (nSPS) is 5.55. The van der Waals surface area contributed by atoms with Gasteiger partial charge in [-0.15, -0.1) is 10.1 Å². The fourth-order valence-corrected chi connectivity index (χ4v) is 0.0824. The van der Waals surface area contributed by atoms with E-state index >= 15 is 0 Å². The topological polar surface area (TPSA) is 136 Å². The molecule has 0 rings (SSSR count). The van der Waals surface area contributed by atoms with Gasteiger partial charge in [-0.05, 0) is 0 Å². The highest BCUT2D eigenvalue weighted by Crippen LogP contribution is 1.77. The van der Waals surface area contributed by atoms with Crippen LogP contribution in [-0.2, 0) is 9.68 Å². The van der Waals surface area contributed by atoms with Crippen molar-refractivity contribution in [3.05, 3.63) is 10.1 Å². The Morgan fingerprint density at radius 3 is 1.91 bits per heavy atom. The molecule has 0 radical (unpaired) electrons. The van der Waals surface area contributed by atoms with E-state index < -0.39 is 11.2 Å². The Morgan fingerprint density at radius 2 is 1.82 bits per heavy atom. The smallest absolute Gasteiger partial charge is 0.412 e. The fourth-order valence-electron chi connectivity index (χ4n) is 0.0824. The van der Waals surface area contributed by atoms with Crippen molar-refractivity contribution in [3.8, 4) is 0 Å². The van der Waals surface area contributed by atoms with Gasteiger partial charge in [0.1, 0.15) is 0 Å². The minimum absolute atomic E-state index is 0. The summed E-state index contributed by atoms with van der Waals surface area (Å²) in [5.41, 5.74) is 0. The molecule has 0 amide bonds. The van der Waals surface area contributed by atoms with Gasteiger partial charge in [0.25, 0.3) is 0 Å². The molecule has 4 N–H and O–H groups in total. The Bertz CT molecular complexity index is 117. The van der Waals surface area contributed by atoms with Crippen LogP contribution in [0.3, 0.4) is 0 Å². The molecule has 0 aromatic heterocycles. The van der Waals surface area contributed by atoms with Gasteiger partial charge in [0.2, 0.25) is 0 Å². The molecule has 0 spiro atoms. The zero-order valence-corrected chi connectivity index (χ0v) is 4.07. The second kappa shape index (κ2) is 12.3. The van der Waals surface area contributed by atoms with Gasteiger partial charge in [-0.1, -0.05) is 0 Å². The van der Waals surface area contributed by atoms with Gasteiger partial charge in [-0.25, -0.2) is 4.79 Å². The molecule has 0 aliphatic carbocycles. The summed E-state index contributed by atoms with van der Waals surface area (Å²) in [5.74, 6) is 4.14.